The Kier molecular flexibility index (Phi) is 10.9. The van der Waals surface area contributed by atoms with E-state index in [4.69, 9.17) is 37.2 Å². The van der Waals surface area contributed by atoms with Gasteiger partial charge in [0.1, 0.15) is 61.5 Å². The maximum Gasteiger partial charge on any atom is 0.694 e. The van der Waals surface area contributed by atoms with Crippen LogP contribution in [0.25, 0.3) is 0 Å². The topological polar surface area (TPSA) is 267 Å². The Balaban J connectivity index is 1.52. The molecule has 0 bridgehead atoms. The van der Waals surface area contributed by atoms with Crippen LogP contribution >= 0.6 is 23.9 Å². The van der Waals surface area contributed by atoms with Crippen LogP contribution in [0.4, 0.5) is 0 Å². The van der Waals surface area contributed by atoms with Crippen LogP contribution in [-0.4, -0.2) is 130 Å². The second kappa shape index (κ2) is 12.9. The van der Waals surface area contributed by atoms with E-state index >= 15 is 0 Å². The van der Waals surface area contributed by atoms with Crippen molar-refractivity contribution < 1.29 is 85.6 Å². The highest BCUT2D eigenvalue weighted by molar-refractivity contribution is 7.47. The Morgan fingerprint density at radius 3 is 1.58 bits per heavy atom. The van der Waals surface area contributed by atoms with Crippen LogP contribution < -0.4 is 0 Å². The van der Waals surface area contributed by atoms with Crippen LogP contribution in [0.5, 0.6) is 0 Å². The minimum atomic E-state index is -4.93. The lowest BCUT2D eigenvalue weighted by Crippen LogP contribution is -2.37. The summed E-state index contributed by atoms with van der Waals surface area (Å²) < 4.78 is 74.5. The Morgan fingerprint density at radius 1 is 0.722 bits per heavy atom. The molecule has 12 atom stereocenters. The maximum atomic E-state index is 12.4. The fraction of sp³-hybridized carbons (Fsp3) is 1.00. The van der Waals surface area contributed by atoms with Crippen molar-refractivity contribution in [3.05, 3.63) is 0 Å². The van der Waals surface area contributed by atoms with Gasteiger partial charge in [-0.25, -0.2) is 9.13 Å². The summed E-state index contributed by atoms with van der Waals surface area (Å²) in [4.78, 5) is 28.7. The van der Waals surface area contributed by atoms with Gasteiger partial charge in [0.2, 0.25) is 0 Å². The molecule has 7 N–H and O–H groups in total. The molecule has 3 rings (SSSR count). The summed E-state index contributed by atoms with van der Waals surface area (Å²) >= 11 is 0. The van der Waals surface area contributed by atoms with Crippen molar-refractivity contribution in [3.8, 4) is 0 Å². The van der Waals surface area contributed by atoms with E-state index in [1.807, 2.05) is 0 Å². The number of aliphatic hydroxyl groups is 4. The summed E-state index contributed by atoms with van der Waals surface area (Å²) in [7, 11) is -12.8. The lowest BCUT2D eigenvalue weighted by Gasteiger charge is -2.25. The second-order valence-electron chi connectivity index (χ2n) is 8.01. The summed E-state index contributed by atoms with van der Waals surface area (Å²) in [5, 5.41) is 39.1. The van der Waals surface area contributed by atoms with Crippen molar-refractivity contribution in [2.45, 2.75) is 54.9 Å². The molecule has 3 unspecified atom stereocenters. The summed E-state index contributed by atoms with van der Waals surface area (Å²) in [5.74, 6) is 0. The summed E-state index contributed by atoms with van der Waals surface area (Å²) in [6, 6.07) is 0. The molecule has 36 heavy (non-hydrogen) atoms. The van der Waals surface area contributed by atoms with Crippen molar-refractivity contribution in [2.24, 2.45) is 0 Å². The molecule has 0 aliphatic carbocycles. The quantitative estimate of drug-likeness (QED) is 0.108. The zero-order chi connectivity index (χ0) is 26.7. The van der Waals surface area contributed by atoms with Gasteiger partial charge in [0.25, 0.3) is 0 Å². The van der Waals surface area contributed by atoms with E-state index in [1.165, 1.54) is 0 Å². The molecule has 18 nitrogen and oxygen atoms in total. The fourth-order valence-corrected chi connectivity index (χ4v) is 5.77. The number of phosphoric acid groups is 2. The van der Waals surface area contributed by atoms with Crippen molar-refractivity contribution >= 4 is 23.9 Å². The van der Waals surface area contributed by atoms with Crippen molar-refractivity contribution in [2.75, 3.05) is 39.6 Å². The Morgan fingerprint density at radius 2 is 1.14 bits per heavy atom. The van der Waals surface area contributed by atoms with Gasteiger partial charge in [-0.05, 0) is 0 Å². The van der Waals surface area contributed by atoms with E-state index in [9.17, 15) is 43.9 Å². The Labute approximate surface area is 204 Å². The highest BCUT2D eigenvalue weighted by Gasteiger charge is 2.47. The standard InChI is InChI=1S/C15H27O18P3/c16-7-1-26-10(13(7)19)5-30-35(22,23)33-15-9(18)3-28-12(15)6-31-36(24,25)32-14-8(17)2-27-11(14)4-29-34(20)21/h7-19H,1-6H2,(H2-,20,21,22,23,24,25)/p+1/t7-,8-,9-,10+,11+,12+,13-,14-,15-/m0/s1. The smallest absolute Gasteiger partial charge is 0.388 e. The Hall–Kier alpha value is -0.0400. The average Bonchev–Trinajstić information content (AvgIpc) is 3.42. The van der Waals surface area contributed by atoms with Crippen LogP contribution in [0, 0.1) is 0 Å². The zero-order valence-electron chi connectivity index (χ0n) is 18.4. The SMILES string of the molecule is O=[P+](O)OC[C@H]1OC[C@H](O)[C@@H]1OP(=O)(O)OC[C@H]1OC[C@H](O)[C@@H]1OP(=O)(O)OC[C@H]1OC[C@H](O)[C@@H]1O. The fourth-order valence-electron chi connectivity index (χ4n) is 3.54. The number of hydrogen-bond acceptors (Lipinski definition) is 15. The van der Waals surface area contributed by atoms with Gasteiger partial charge >= 0.3 is 23.9 Å². The van der Waals surface area contributed by atoms with Gasteiger partial charge in [-0.2, -0.15) is 0 Å². The van der Waals surface area contributed by atoms with Crippen LogP contribution in [0.1, 0.15) is 0 Å². The third kappa shape index (κ3) is 8.48. The highest BCUT2D eigenvalue weighted by Crippen LogP contribution is 2.49. The van der Waals surface area contributed by atoms with Gasteiger partial charge in [0.05, 0.1) is 33.0 Å². The zero-order valence-corrected chi connectivity index (χ0v) is 21.1. The number of rotatable bonds is 13. The van der Waals surface area contributed by atoms with Gasteiger partial charge < -0.3 is 44.4 Å². The molecule has 0 radical (unpaired) electrons. The average molecular weight is 589 g/mol. The van der Waals surface area contributed by atoms with E-state index in [-0.39, 0.29) is 19.8 Å². The first-order valence-electron chi connectivity index (χ1n) is 10.5. The van der Waals surface area contributed by atoms with Gasteiger partial charge in [0, 0.05) is 4.57 Å². The lowest BCUT2D eigenvalue weighted by molar-refractivity contribution is -0.0372. The van der Waals surface area contributed by atoms with Crippen molar-refractivity contribution in [3.63, 3.8) is 0 Å². The molecule has 0 aromatic carbocycles. The molecule has 3 aliphatic rings. The van der Waals surface area contributed by atoms with Crippen LogP contribution in [0.3, 0.4) is 0 Å². The molecule has 3 heterocycles. The minimum Gasteiger partial charge on any atom is -0.388 e. The van der Waals surface area contributed by atoms with E-state index in [0.29, 0.717) is 0 Å². The second-order valence-corrected chi connectivity index (χ2v) is 11.6. The third-order valence-corrected chi connectivity index (χ3v) is 7.71. The molecule has 3 fully saturated rings. The number of aliphatic hydroxyl groups excluding tert-OH is 4. The van der Waals surface area contributed by atoms with Crippen LogP contribution in [-0.2, 0) is 50.5 Å². The molecule has 3 saturated heterocycles. The minimum absolute atomic E-state index is 0.206. The van der Waals surface area contributed by atoms with Gasteiger partial charge in [-0.15, -0.1) is 9.42 Å². The van der Waals surface area contributed by atoms with Gasteiger partial charge in [-0.3, -0.25) is 18.1 Å². The van der Waals surface area contributed by atoms with Gasteiger partial charge in [-0.1, -0.05) is 0 Å². The van der Waals surface area contributed by atoms with E-state index in [1.54, 1.807) is 0 Å². The van der Waals surface area contributed by atoms with Gasteiger partial charge in [0.15, 0.2) is 0 Å². The first-order valence-corrected chi connectivity index (χ1v) is 14.6. The molecule has 0 aromatic heterocycles. The van der Waals surface area contributed by atoms with E-state index in [2.05, 4.69) is 4.52 Å². The molecule has 0 spiro atoms. The summed E-state index contributed by atoms with van der Waals surface area (Å²) in [6.07, 6.45) is -12.0. The maximum absolute atomic E-state index is 12.4. The number of hydrogen-bond donors (Lipinski definition) is 7. The van der Waals surface area contributed by atoms with E-state index < -0.39 is 98.7 Å². The number of phosphoric ester groups is 2. The normalized spacial score (nSPS) is 40.8. The lowest BCUT2D eigenvalue weighted by atomic mass is 10.2. The molecule has 3 aliphatic heterocycles. The monoisotopic (exact) mass is 589 g/mol. The largest absolute Gasteiger partial charge is 0.694 e. The molecule has 210 valence electrons. The molecular weight excluding hydrogens is 561 g/mol. The molecule has 21 heteroatoms. The van der Waals surface area contributed by atoms with Crippen LogP contribution in [0.15, 0.2) is 0 Å². The molecular formula is C15H28O18P3+. The molecule has 0 saturated carbocycles. The van der Waals surface area contributed by atoms with Crippen molar-refractivity contribution in [1.82, 2.24) is 0 Å². The predicted octanol–water partition coefficient (Wildman–Crippen LogP) is -2.70. The van der Waals surface area contributed by atoms with Crippen molar-refractivity contribution in [1.29, 1.82) is 0 Å². The number of ether oxygens (including phenoxy) is 3. The first kappa shape index (κ1) is 30.5. The van der Waals surface area contributed by atoms with E-state index in [0.717, 1.165) is 0 Å². The Bertz CT molecular complexity index is 845. The summed E-state index contributed by atoms with van der Waals surface area (Å²) in [6.45, 7) is -2.85. The predicted molar refractivity (Wildman–Crippen MR) is 110 cm³/mol. The molecule has 0 aromatic rings. The summed E-state index contributed by atoms with van der Waals surface area (Å²) in [5.41, 5.74) is 0. The first-order chi connectivity index (χ1) is 16.8. The molecule has 0 amide bonds. The van der Waals surface area contributed by atoms with Crippen LogP contribution in [0.2, 0.25) is 0 Å². The highest BCUT2D eigenvalue weighted by atomic mass is 31.2. The third-order valence-electron chi connectivity index (χ3n) is 5.37.